The Hall–Kier alpha value is -2.03. The van der Waals surface area contributed by atoms with Crippen molar-refractivity contribution in [1.29, 1.82) is 0 Å². The number of carbonyl (C=O) groups is 1. The first-order valence-electron chi connectivity index (χ1n) is 5.49. The van der Waals surface area contributed by atoms with Gasteiger partial charge in [-0.05, 0) is 35.4 Å². The van der Waals surface area contributed by atoms with E-state index in [1.165, 1.54) is 0 Å². The van der Waals surface area contributed by atoms with Crippen LogP contribution in [0, 0.1) is 0 Å². The highest BCUT2D eigenvalue weighted by Gasteiger charge is 2.14. The SMILES string of the molecule is COc1ccc2c(C(C)C(N)=O)cccc2c1. The van der Waals surface area contributed by atoms with Crippen molar-refractivity contribution >= 4 is 16.7 Å². The van der Waals surface area contributed by atoms with Gasteiger partial charge in [0.1, 0.15) is 5.75 Å². The van der Waals surface area contributed by atoms with E-state index in [4.69, 9.17) is 10.5 Å². The number of carbonyl (C=O) groups excluding carboxylic acids is 1. The van der Waals surface area contributed by atoms with Crippen molar-refractivity contribution in [3.05, 3.63) is 42.0 Å². The Morgan fingerprint density at radius 3 is 2.71 bits per heavy atom. The zero-order valence-electron chi connectivity index (χ0n) is 9.94. The Morgan fingerprint density at radius 1 is 1.29 bits per heavy atom. The monoisotopic (exact) mass is 229 g/mol. The van der Waals surface area contributed by atoms with E-state index in [9.17, 15) is 4.79 Å². The van der Waals surface area contributed by atoms with Crippen LogP contribution >= 0.6 is 0 Å². The number of primary amides is 1. The van der Waals surface area contributed by atoms with Crippen LogP contribution in [-0.4, -0.2) is 13.0 Å². The summed E-state index contributed by atoms with van der Waals surface area (Å²) in [5, 5.41) is 2.09. The minimum atomic E-state index is -0.312. The van der Waals surface area contributed by atoms with Gasteiger partial charge in [0.05, 0.1) is 13.0 Å². The largest absolute Gasteiger partial charge is 0.497 e. The predicted molar refractivity (Wildman–Crippen MR) is 68.1 cm³/mol. The number of nitrogens with two attached hydrogens (primary N) is 1. The molecule has 2 rings (SSSR count). The van der Waals surface area contributed by atoms with Crippen molar-refractivity contribution in [1.82, 2.24) is 0 Å². The van der Waals surface area contributed by atoms with Crippen LogP contribution in [0.4, 0.5) is 0 Å². The quantitative estimate of drug-likeness (QED) is 0.878. The number of benzene rings is 2. The van der Waals surface area contributed by atoms with E-state index in [1.807, 2.05) is 43.3 Å². The molecule has 3 heteroatoms. The third kappa shape index (κ3) is 2.09. The molecule has 0 saturated carbocycles. The fourth-order valence-corrected chi connectivity index (χ4v) is 1.94. The molecular formula is C14H15NO2. The van der Waals surface area contributed by atoms with Gasteiger partial charge in [0.25, 0.3) is 0 Å². The standard InChI is InChI=1S/C14H15NO2/c1-9(14(15)16)12-5-3-4-10-8-11(17-2)6-7-13(10)12/h3-9H,1-2H3,(H2,15,16). The lowest BCUT2D eigenvalue weighted by atomic mass is 9.94. The molecule has 0 bridgehead atoms. The van der Waals surface area contributed by atoms with Crippen LogP contribution in [0.15, 0.2) is 36.4 Å². The summed E-state index contributed by atoms with van der Waals surface area (Å²) in [7, 11) is 1.64. The molecule has 1 atom stereocenters. The second kappa shape index (κ2) is 4.45. The molecule has 0 heterocycles. The van der Waals surface area contributed by atoms with Gasteiger partial charge < -0.3 is 10.5 Å². The van der Waals surface area contributed by atoms with Crippen LogP contribution in [0.3, 0.4) is 0 Å². The first-order chi connectivity index (χ1) is 8.13. The van der Waals surface area contributed by atoms with Crippen molar-refractivity contribution in [2.24, 2.45) is 5.73 Å². The summed E-state index contributed by atoms with van der Waals surface area (Å²) < 4.78 is 5.18. The van der Waals surface area contributed by atoms with Gasteiger partial charge in [-0.3, -0.25) is 4.79 Å². The molecular weight excluding hydrogens is 214 g/mol. The lowest BCUT2D eigenvalue weighted by Gasteiger charge is -2.12. The van der Waals surface area contributed by atoms with E-state index in [-0.39, 0.29) is 11.8 Å². The maximum atomic E-state index is 11.3. The van der Waals surface area contributed by atoms with E-state index in [2.05, 4.69) is 0 Å². The third-order valence-electron chi connectivity index (χ3n) is 3.01. The molecule has 0 aliphatic rings. The van der Waals surface area contributed by atoms with Crippen LogP contribution in [0.2, 0.25) is 0 Å². The second-order valence-corrected chi connectivity index (χ2v) is 4.06. The summed E-state index contributed by atoms with van der Waals surface area (Å²) in [6, 6.07) is 11.7. The van der Waals surface area contributed by atoms with E-state index in [0.717, 1.165) is 22.1 Å². The van der Waals surface area contributed by atoms with Gasteiger partial charge in [-0.25, -0.2) is 0 Å². The smallest absolute Gasteiger partial charge is 0.224 e. The summed E-state index contributed by atoms with van der Waals surface area (Å²) in [5.41, 5.74) is 6.31. The molecule has 0 fully saturated rings. The van der Waals surface area contributed by atoms with Crippen LogP contribution in [0.1, 0.15) is 18.4 Å². The Labute approximate surface area is 100 Å². The number of ether oxygens (including phenoxy) is 1. The molecule has 2 N–H and O–H groups in total. The molecule has 0 aliphatic heterocycles. The molecule has 0 aromatic heterocycles. The van der Waals surface area contributed by atoms with Crippen molar-refractivity contribution in [3.8, 4) is 5.75 Å². The topological polar surface area (TPSA) is 52.3 Å². The van der Waals surface area contributed by atoms with E-state index in [1.54, 1.807) is 7.11 Å². The van der Waals surface area contributed by atoms with Gasteiger partial charge in [0.2, 0.25) is 5.91 Å². The Morgan fingerprint density at radius 2 is 2.06 bits per heavy atom. The molecule has 1 unspecified atom stereocenters. The lowest BCUT2D eigenvalue weighted by Crippen LogP contribution is -2.18. The minimum absolute atomic E-state index is 0.285. The maximum Gasteiger partial charge on any atom is 0.224 e. The van der Waals surface area contributed by atoms with Crippen molar-refractivity contribution in [2.45, 2.75) is 12.8 Å². The molecule has 2 aromatic rings. The number of hydrogen-bond acceptors (Lipinski definition) is 2. The molecule has 1 amide bonds. The molecule has 17 heavy (non-hydrogen) atoms. The van der Waals surface area contributed by atoms with Gasteiger partial charge in [-0.2, -0.15) is 0 Å². The van der Waals surface area contributed by atoms with Crippen LogP contribution in [0.5, 0.6) is 5.75 Å². The lowest BCUT2D eigenvalue weighted by molar-refractivity contribution is -0.119. The summed E-state index contributed by atoms with van der Waals surface area (Å²) >= 11 is 0. The Bertz CT molecular complexity index is 563. The summed E-state index contributed by atoms with van der Waals surface area (Å²) in [4.78, 5) is 11.3. The highest BCUT2D eigenvalue weighted by molar-refractivity contribution is 5.92. The number of rotatable bonds is 3. The fourth-order valence-electron chi connectivity index (χ4n) is 1.94. The maximum absolute atomic E-state index is 11.3. The van der Waals surface area contributed by atoms with Gasteiger partial charge in [0, 0.05) is 0 Å². The average molecular weight is 229 g/mol. The van der Waals surface area contributed by atoms with Gasteiger partial charge in [-0.15, -0.1) is 0 Å². The normalized spacial score (nSPS) is 12.4. The fraction of sp³-hybridized carbons (Fsp3) is 0.214. The number of hydrogen-bond donors (Lipinski definition) is 1. The van der Waals surface area contributed by atoms with Crippen molar-refractivity contribution < 1.29 is 9.53 Å². The number of amides is 1. The molecule has 88 valence electrons. The van der Waals surface area contributed by atoms with Gasteiger partial charge in [-0.1, -0.05) is 24.3 Å². The van der Waals surface area contributed by atoms with Crippen LogP contribution in [-0.2, 0) is 4.79 Å². The zero-order valence-corrected chi connectivity index (χ0v) is 9.94. The minimum Gasteiger partial charge on any atom is -0.497 e. The molecule has 3 nitrogen and oxygen atoms in total. The number of fused-ring (bicyclic) bond motifs is 1. The zero-order chi connectivity index (χ0) is 12.4. The number of methoxy groups -OCH3 is 1. The Balaban J connectivity index is 2.62. The molecule has 0 radical (unpaired) electrons. The van der Waals surface area contributed by atoms with E-state index >= 15 is 0 Å². The van der Waals surface area contributed by atoms with Crippen molar-refractivity contribution in [3.63, 3.8) is 0 Å². The van der Waals surface area contributed by atoms with Gasteiger partial charge >= 0.3 is 0 Å². The second-order valence-electron chi connectivity index (χ2n) is 4.06. The van der Waals surface area contributed by atoms with E-state index < -0.39 is 0 Å². The highest BCUT2D eigenvalue weighted by atomic mass is 16.5. The average Bonchev–Trinajstić information content (AvgIpc) is 2.36. The summed E-state index contributed by atoms with van der Waals surface area (Å²) in [6.07, 6.45) is 0. The Kier molecular flexibility index (Phi) is 3.00. The molecule has 2 aromatic carbocycles. The molecule has 0 aliphatic carbocycles. The summed E-state index contributed by atoms with van der Waals surface area (Å²) in [5.74, 6) is 0.210. The van der Waals surface area contributed by atoms with Gasteiger partial charge in [0.15, 0.2) is 0 Å². The summed E-state index contributed by atoms with van der Waals surface area (Å²) in [6.45, 7) is 1.82. The van der Waals surface area contributed by atoms with Crippen molar-refractivity contribution in [2.75, 3.05) is 7.11 Å². The van der Waals surface area contributed by atoms with Crippen LogP contribution in [0.25, 0.3) is 10.8 Å². The van der Waals surface area contributed by atoms with E-state index in [0.29, 0.717) is 0 Å². The predicted octanol–water partition coefficient (Wildman–Crippen LogP) is 2.44. The molecule has 0 saturated heterocycles. The first-order valence-corrected chi connectivity index (χ1v) is 5.49. The van der Waals surface area contributed by atoms with Crippen LogP contribution < -0.4 is 10.5 Å². The molecule has 0 spiro atoms. The first kappa shape index (κ1) is 11.5. The highest BCUT2D eigenvalue weighted by Crippen LogP contribution is 2.28. The third-order valence-corrected chi connectivity index (χ3v) is 3.01.